The van der Waals surface area contributed by atoms with Gasteiger partial charge in [-0.15, -0.1) is 24.0 Å². The number of fused-ring (bicyclic) bond motifs is 1. The van der Waals surface area contributed by atoms with Gasteiger partial charge in [-0.2, -0.15) is 0 Å². The summed E-state index contributed by atoms with van der Waals surface area (Å²) in [7, 11) is -3.37. The first-order valence-electron chi connectivity index (χ1n) is 8.97. The molecule has 1 saturated carbocycles. The Kier molecular flexibility index (Phi) is 5.86. The van der Waals surface area contributed by atoms with Gasteiger partial charge in [0, 0.05) is 17.6 Å². The maximum absolute atomic E-state index is 12.6. The molecule has 1 aromatic carbocycles. The molecule has 9 heteroatoms. The topological polar surface area (TPSA) is 88.2 Å². The minimum atomic E-state index is -3.37. The number of hydrogen-bond donors (Lipinski definition) is 3. The highest BCUT2D eigenvalue weighted by Crippen LogP contribution is 2.29. The number of benzene rings is 1. The summed E-state index contributed by atoms with van der Waals surface area (Å²) < 4.78 is 28.3. The second-order valence-electron chi connectivity index (χ2n) is 7.95. The third kappa shape index (κ3) is 4.82. The molecule has 1 amide bonds. The molecule has 1 aliphatic rings. The van der Waals surface area contributed by atoms with Gasteiger partial charge in [0.05, 0.1) is 15.0 Å². The zero-order chi connectivity index (χ0) is 19.8. The minimum absolute atomic E-state index is 0.0206. The molecule has 0 aliphatic heterocycles. The maximum Gasteiger partial charge on any atom is 0.227 e. The van der Waals surface area contributed by atoms with E-state index in [4.69, 9.17) is 0 Å². The first-order valence-corrected chi connectivity index (χ1v) is 11.7. The van der Waals surface area contributed by atoms with Gasteiger partial charge in [-0.25, -0.2) is 18.1 Å². The third-order valence-corrected chi connectivity index (χ3v) is 8.34. The highest BCUT2D eigenvalue weighted by atomic mass is 32.2. The van der Waals surface area contributed by atoms with Crippen molar-refractivity contribution < 1.29 is 13.2 Å². The number of thiol groups is 1. The molecule has 2 aromatic rings. The molecule has 2 N–H and O–H groups in total. The normalized spacial score (nSPS) is 21.3. The lowest BCUT2D eigenvalue weighted by atomic mass is 9.86. The van der Waals surface area contributed by atoms with Crippen LogP contribution >= 0.6 is 24.0 Å². The maximum atomic E-state index is 12.6. The van der Waals surface area contributed by atoms with E-state index in [1.165, 1.54) is 11.3 Å². The van der Waals surface area contributed by atoms with Crippen molar-refractivity contribution in [2.24, 2.45) is 5.92 Å². The van der Waals surface area contributed by atoms with Crippen molar-refractivity contribution >= 4 is 55.8 Å². The first-order chi connectivity index (χ1) is 12.5. The van der Waals surface area contributed by atoms with Gasteiger partial charge in [-0.3, -0.25) is 4.79 Å². The number of amides is 1. The van der Waals surface area contributed by atoms with E-state index >= 15 is 0 Å². The van der Waals surface area contributed by atoms with Crippen molar-refractivity contribution in [2.75, 3.05) is 5.32 Å². The molecule has 1 fully saturated rings. The SMILES string of the molecule is CC(C)(C)S(=O)(=O)NC1CCC(C(=O)Nc2ccc3sc(S)nc3c2)CC1. The Balaban J connectivity index is 1.56. The fourth-order valence-corrected chi connectivity index (χ4v) is 5.22. The molecule has 148 valence electrons. The van der Waals surface area contributed by atoms with E-state index in [1.54, 1.807) is 20.8 Å². The van der Waals surface area contributed by atoms with Gasteiger partial charge >= 0.3 is 0 Å². The Bertz CT molecular complexity index is 940. The van der Waals surface area contributed by atoms with E-state index in [0.29, 0.717) is 30.0 Å². The second-order valence-corrected chi connectivity index (χ2v) is 12.2. The number of hydrogen-bond acceptors (Lipinski definition) is 6. The van der Waals surface area contributed by atoms with Crippen molar-refractivity contribution in [3.05, 3.63) is 18.2 Å². The predicted octanol–water partition coefficient (Wildman–Crippen LogP) is 3.80. The smallest absolute Gasteiger partial charge is 0.227 e. The highest BCUT2D eigenvalue weighted by molar-refractivity contribution is 7.90. The van der Waals surface area contributed by atoms with Gasteiger partial charge in [-0.1, -0.05) is 0 Å². The molecule has 0 unspecified atom stereocenters. The summed E-state index contributed by atoms with van der Waals surface area (Å²) in [5.74, 6) is -0.125. The molecule has 3 rings (SSSR count). The van der Waals surface area contributed by atoms with E-state index in [2.05, 4.69) is 27.7 Å². The van der Waals surface area contributed by atoms with Crippen molar-refractivity contribution in [1.29, 1.82) is 0 Å². The van der Waals surface area contributed by atoms with Crippen LogP contribution in [0.15, 0.2) is 22.5 Å². The number of nitrogens with zero attached hydrogens (tertiary/aromatic N) is 1. The Morgan fingerprint density at radius 3 is 2.52 bits per heavy atom. The number of carbonyl (C=O) groups is 1. The van der Waals surface area contributed by atoms with Crippen LogP contribution in [0.3, 0.4) is 0 Å². The number of anilines is 1. The van der Waals surface area contributed by atoms with Gasteiger partial charge < -0.3 is 5.32 Å². The van der Waals surface area contributed by atoms with Gasteiger partial charge in [0.25, 0.3) is 0 Å². The molecule has 1 aliphatic carbocycles. The summed E-state index contributed by atoms with van der Waals surface area (Å²) in [6, 6.07) is 5.56. The van der Waals surface area contributed by atoms with Crippen LogP contribution in [0.4, 0.5) is 5.69 Å². The molecule has 6 nitrogen and oxygen atoms in total. The standard InChI is InChI=1S/C18H25N3O3S3/c1-18(2,3)27(23,24)21-12-6-4-11(5-7-12)16(22)19-13-8-9-15-14(10-13)20-17(25)26-15/h8-12,21H,4-7H2,1-3H3,(H,19,22)(H,20,25). The van der Waals surface area contributed by atoms with Gasteiger partial charge in [0.1, 0.15) is 4.34 Å². The molecule has 27 heavy (non-hydrogen) atoms. The highest BCUT2D eigenvalue weighted by Gasteiger charge is 2.34. The molecular formula is C18H25N3O3S3. The van der Waals surface area contributed by atoms with Crippen molar-refractivity contribution in [1.82, 2.24) is 9.71 Å². The molecule has 1 aromatic heterocycles. The van der Waals surface area contributed by atoms with Crippen LogP contribution in [0.1, 0.15) is 46.5 Å². The Morgan fingerprint density at radius 1 is 1.22 bits per heavy atom. The van der Waals surface area contributed by atoms with Crippen LogP contribution in [-0.2, 0) is 14.8 Å². The molecule has 0 saturated heterocycles. The average Bonchev–Trinajstić information content (AvgIpc) is 2.93. The van der Waals surface area contributed by atoms with E-state index < -0.39 is 14.8 Å². The number of carbonyl (C=O) groups excluding carboxylic acids is 1. The van der Waals surface area contributed by atoms with Crippen molar-refractivity contribution in [3.8, 4) is 0 Å². The molecule has 0 spiro atoms. The van der Waals surface area contributed by atoms with E-state index in [1.807, 2.05) is 18.2 Å². The average molecular weight is 428 g/mol. The lowest BCUT2D eigenvalue weighted by molar-refractivity contribution is -0.120. The van der Waals surface area contributed by atoms with Crippen LogP contribution in [0.5, 0.6) is 0 Å². The first kappa shape index (κ1) is 20.6. The summed E-state index contributed by atoms with van der Waals surface area (Å²) in [6.45, 7) is 5.05. The molecule has 0 radical (unpaired) electrons. The van der Waals surface area contributed by atoms with Crippen molar-refractivity contribution in [3.63, 3.8) is 0 Å². The number of thiazole rings is 1. The monoisotopic (exact) mass is 427 g/mol. The largest absolute Gasteiger partial charge is 0.326 e. The van der Waals surface area contributed by atoms with Crippen LogP contribution < -0.4 is 10.0 Å². The van der Waals surface area contributed by atoms with Crippen LogP contribution in [0.25, 0.3) is 10.2 Å². The van der Waals surface area contributed by atoms with E-state index in [0.717, 1.165) is 15.9 Å². The Labute approximate surface area is 169 Å². The lowest BCUT2D eigenvalue weighted by Crippen LogP contribution is -2.46. The van der Waals surface area contributed by atoms with Crippen LogP contribution in [0, 0.1) is 5.92 Å². The number of sulfonamides is 1. The molecule has 0 bridgehead atoms. The number of nitrogens with one attached hydrogen (secondary N) is 2. The molecular weight excluding hydrogens is 402 g/mol. The third-order valence-electron chi connectivity index (χ3n) is 4.87. The molecule has 1 heterocycles. The van der Waals surface area contributed by atoms with Crippen molar-refractivity contribution in [2.45, 2.75) is 61.6 Å². The lowest BCUT2D eigenvalue weighted by Gasteiger charge is -2.30. The fourth-order valence-electron chi connectivity index (χ4n) is 3.11. The zero-order valence-corrected chi connectivity index (χ0v) is 18.2. The summed E-state index contributed by atoms with van der Waals surface area (Å²) in [6.07, 6.45) is 2.68. The van der Waals surface area contributed by atoms with E-state index in [9.17, 15) is 13.2 Å². The summed E-state index contributed by atoms with van der Waals surface area (Å²) in [4.78, 5) is 16.9. The summed E-state index contributed by atoms with van der Waals surface area (Å²) >= 11 is 5.76. The van der Waals surface area contributed by atoms with Gasteiger partial charge in [0.2, 0.25) is 15.9 Å². The minimum Gasteiger partial charge on any atom is -0.326 e. The number of aromatic nitrogens is 1. The Morgan fingerprint density at radius 2 is 1.89 bits per heavy atom. The predicted molar refractivity (Wildman–Crippen MR) is 113 cm³/mol. The Hall–Kier alpha value is -1.16. The molecule has 0 atom stereocenters. The van der Waals surface area contributed by atoms with Crippen LogP contribution in [0.2, 0.25) is 0 Å². The second kappa shape index (κ2) is 7.69. The number of rotatable bonds is 4. The summed E-state index contributed by atoms with van der Waals surface area (Å²) in [5.41, 5.74) is 1.55. The van der Waals surface area contributed by atoms with Crippen LogP contribution in [-0.4, -0.2) is 30.1 Å². The quantitative estimate of drug-likeness (QED) is 0.648. The summed E-state index contributed by atoms with van der Waals surface area (Å²) in [5, 5.41) is 2.96. The zero-order valence-electron chi connectivity index (χ0n) is 15.7. The fraction of sp³-hybridized carbons (Fsp3) is 0.556. The van der Waals surface area contributed by atoms with E-state index in [-0.39, 0.29) is 17.9 Å². The van der Waals surface area contributed by atoms with Gasteiger partial charge in [-0.05, 0) is 64.7 Å². The van der Waals surface area contributed by atoms with Gasteiger partial charge in [0.15, 0.2) is 0 Å².